The minimum absolute atomic E-state index is 0.755. The number of rotatable bonds is 8. The molecule has 0 saturated heterocycles. The molecule has 0 radical (unpaired) electrons. The summed E-state index contributed by atoms with van der Waals surface area (Å²) < 4.78 is 0. The Morgan fingerprint density at radius 3 is 1.94 bits per heavy atom. The fourth-order valence-corrected chi connectivity index (χ4v) is 1.02. The molecule has 0 spiro atoms. The highest BCUT2D eigenvalue weighted by atomic mass is 16.4. The molecule has 0 unspecified atom stereocenters. The molecule has 4 heteroatoms. The Bertz CT molecular complexity index is 300. The highest BCUT2D eigenvalue weighted by Crippen LogP contribution is 2.01. The molecule has 88 valence electrons. The van der Waals surface area contributed by atoms with E-state index in [4.69, 9.17) is 10.2 Å². The van der Waals surface area contributed by atoms with E-state index in [0.717, 1.165) is 37.8 Å². The van der Waals surface area contributed by atoms with Crippen LogP contribution < -0.4 is 0 Å². The van der Waals surface area contributed by atoms with Gasteiger partial charge in [0.2, 0.25) is 0 Å². The fourth-order valence-electron chi connectivity index (χ4n) is 1.02. The third-order valence-corrected chi connectivity index (χ3v) is 1.74. The molecule has 0 aliphatic rings. The predicted octanol–water partition coefficient (Wildman–Crippen LogP) is 2.38. The maximum Gasteiger partial charge on any atom is 0.328 e. The van der Waals surface area contributed by atoms with Crippen LogP contribution in [0.15, 0.2) is 36.5 Å². The molecule has 0 heterocycles. The van der Waals surface area contributed by atoms with Crippen LogP contribution in [0.2, 0.25) is 0 Å². The maximum atomic E-state index is 10.1. The van der Waals surface area contributed by atoms with Gasteiger partial charge in [0.1, 0.15) is 0 Å². The van der Waals surface area contributed by atoms with Crippen molar-refractivity contribution in [1.29, 1.82) is 0 Å². The molecule has 0 atom stereocenters. The third kappa shape index (κ3) is 12.2. The molecule has 0 rings (SSSR count). The average Bonchev–Trinajstić information content (AvgIpc) is 2.20. The van der Waals surface area contributed by atoms with E-state index in [9.17, 15) is 9.59 Å². The van der Waals surface area contributed by atoms with Crippen LogP contribution in [0.25, 0.3) is 0 Å². The van der Waals surface area contributed by atoms with Gasteiger partial charge >= 0.3 is 11.9 Å². The SMILES string of the molecule is O=C(O)/C=C/C=C/CCCC/C=C/C(=O)O. The summed E-state index contributed by atoms with van der Waals surface area (Å²) in [5, 5.41) is 16.6. The van der Waals surface area contributed by atoms with Gasteiger partial charge in [-0.2, -0.15) is 0 Å². The smallest absolute Gasteiger partial charge is 0.328 e. The highest BCUT2D eigenvalue weighted by Gasteiger charge is 1.86. The molecule has 0 amide bonds. The molecule has 0 aromatic carbocycles. The molecule has 0 aliphatic carbocycles. The van der Waals surface area contributed by atoms with Crippen molar-refractivity contribution in [2.24, 2.45) is 0 Å². The molecule has 16 heavy (non-hydrogen) atoms. The van der Waals surface area contributed by atoms with Crippen molar-refractivity contribution in [3.63, 3.8) is 0 Å². The zero-order valence-corrected chi connectivity index (χ0v) is 9.00. The second-order valence-corrected chi connectivity index (χ2v) is 3.15. The van der Waals surface area contributed by atoms with E-state index in [-0.39, 0.29) is 0 Å². The zero-order valence-electron chi connectivity index (χ0n) is 9.00. The molecule has 0 saturated carbocycles. The molecule has 0 aliphatic heterocycles. The van der Waals surface area contributed by atoms with Crippen molar-refractivity contribution in [3.8, 4) is 0 Å². The first kappa shape index (κ1) is 14.2. The van der Waals surface area contributed by atoms with Gasteiger partial charge in [-0.25, -0.2) is 9.59 Å². The van der Waals surface area contributed by atoms with Crippen LogP contribution in [0.5, 0.6) is 0 Å². The Morgan fingerprint density at radius 2 is 1.38 bits per heavy atom. The van der Waals surface area contributed by atoms with Crippen LogP contribution in [0.1, 0.15) is 25.7 Å². The van der Waals surface area contributed by atoms with Gasteiger partial charge in [-0.05, 0) is 25.7 Å². The van der Waals surface area contributed by atoms with Crippen LogP contribution in [0.4, 0.5) is 0 Å². The standard InChI is InChI=1S/C12H16O4/c13-11(14)9-7-5-3-1-2-4-6-8-10-12(15)16/h3,5,7-10H,1-2,4,6H2,(H,13,14)(H,15,16)/b5-3+,9-7+,10-8+. The van der Waals surface area contributed by atoms with E-state index in [0.29, 0.717) is 0 Å². The fraction of sp³-hybridized carbons (Fsp3) is 0.333. The van der Waals surface area contributed by atoms with E-state index >= 15 is 0 Å². The van der Waals surface area contributed by atoms with Crippen molar-refractivity contribution in [2.45, 2.75) is 25.7 Å². The molecule has 0 fully saturated rings. The van der Waals surface area contributed by atoms with Crippen molar-refractivity contribution in [3.05, 3.63) is 36.5 Å². The van der Waals surface area contributed by atoms with Crippen molar-refractivity contribution < 1.29 is 19.8 Å². The summed E-state index contributed by atoms with van der Waals surface area (Å²) in [4.78, 5) is 20.2. The van der Waals surface area contributed by atoms with Crippen LogP contribution in [0, 0.1) is 0 Å². The minimum Gasteiger partial charge on any atom is -0.478 e. The molecular weight excluding hydrogens is 208 g/mol. The monoisotopic (exact) mass is 224 g/mol. The number of unbranched alkanes of at least 4 members (excludes halogenated alkanes) is 3. The van der Waals surface area contributed by atoms with Gasteiger partial charge in [0.15, 0.2) is 0 Å². The van der Waals surface area contributed by atoms with Crippen molar-refractivity contribution in [2.75, 3.05) is 0 Å². The first-order chi connectivity index (χ1) is 7.63. The summed E-state index contributed by atoms with van der Waals surface area (Å²) in [5.74, 6) is -1.87. The number of carboxylic acids is 2. The molecule has 2 N–H and O–H groups in total. The number of hydrogen-bond donors (Lipinski definition) is 2. The number of aliphatic carboxylic acids is 2. The van der Waals surface area contributed by atoms with Crippen molar-refractivity contribution in [1.82, 2.24) is 0 Å². The van der Waals surface area contributed by atoms with E-state index in [2.05, 4.69) is 0 Å². The van der Waals surface area contributed by atoms with Gasteiger partial charge in [0, 0.05) is 12.2 Å². The van der Waals surface area contributed by atoms with E-state index in [1.165, 1.54) is 6.08 Å². The van der Waals surface area contributed by atoms with Crippen molar-refractivity contribution >= 4 is 11.9 Å². The Kier molecular flexibility index (Phi) is 8.59. The number of carboxylic acid groups (broad SMARTS) is 2. The minimum atomic E-state index is -0.955. The molecule has 0 aromatic heterocycles. The zero-order chi connectivity index (χ0) is 12.2. The van der Waals surface area contributed by atoms with Crippen LogP contribution in [-0.4, -0.2) is 22.2 Å². The van der Waals surface area contributed by atoms with Crippen LogP contribution in [-0.2, 0) is 9.59 Å². The second-order valence-electron chi connectivity index (χ2n) is 3.15. The molecule has 4 nitrogen and oxygen atoms in total. The molecule has 0 bridgehead atoms. The number of carbonyl (C=O) groups is 2. The van der Waals surface area contributed by atoms with Crippen LogP contribution in [0.3, 0.4) is 0 Å². The third-order valence-electron chi connectivity index (χ3n) is 1.74. The van der Waals surface area contributed by atoms with Gasteiger partial charge in [0.25, 0.3) is 0 Å². The lowest BCUT2D eigenvalue weighted by Gasteiger charge is -1.91. The molecule has 0 aromatic rings. The Balaban J connectivity index is 3.40. The average molecular weight is 224 g/mol. The quantitative estimate of drug-likeness (QED) is 0.377. The summed E-state index contributed by atoms with van der Waals surface area (Å²) in [5.41, 5.74) is 0. The molecular formula is C12H16O4. The second kappa shape index (κ2) is 9.71. The van der Waals surface area contributed by atoms with Gasteiger partial charge < -0.3 is 10.2 Å². The van der Waals surface area contributed by atoms with E-state index in [1.54, 1.807) is 12.2 Å². The predicted molar refractivity (Wildman–Crippen MR) is 61.2 cm³/mol. The summed E-state index contributed by atoms with van der Waals surface area (Å²) in [6.07, 6.45) is 12.4. The summed E-state index contributed by atoms with van der Waals surface area (Å²) in [6.45, 7) is 0. The number of hydrogen-bond acceptors (Lipinski definition) is 2. The highest BCUT2D eigenvalue weighted by molar-refractivity contribution is 5.80. The van der Waals surface area contributed by atoms with E-state index < -0.39 is 11.9 Å². The Labute approximate surface area is 94.6 Å². The summed E-state index contributed by atoms with van der Waals surface area (Å²) in [6, 6.07) is 0. The normalized spacial score (nSPS) is 11.8. The van der Waals surface area contributed by atoms with E-state index in [1.807, 2.05) is 6.08 Å². The Hall–Kier alpha value is -1.84. The first-order valence-electron chi connectivity index (χ1n) is 5.08. The van der Waals surface area contributed by atoms with Gasteiger partial charge in [-0.15, -0.1) is 0 Å². The summed E-state index contributed by atoms with van der Waals surface area (Å²) in [7, 11) is 0. The Morgan fingerprint density at radius 1 is 0.812 bits per heavy atom. The van der Waals surface area contributed by atoms with Gasteiger partial charge in [-0.1, -0.05) is 24.3 Å². The van der Waals surface area contributed by atoms with Crippen LogP contribution >= 0.6 is 0 Å². The maximum absolute atomic E-state index is 10.1. The summed E-state index contributed by atoms with van der Waals surface area (Å²) >= 11 is 0. The lowest BCUT2D eigenvalue weighted by molar-refractivity contribution is -0.132. The van der Waals surface area contributed by atoms with Gasteiger partial charge in [0.05, 0.1) is 0 Å². The first-order valence-corrected chi connectivity index (χ1v) is 5.08. The largest absolute Gasteiger partial charge is 0.478 e. The van der Waals surface area contributed by atoms with Gasteiger partial charge in [-0.3, -0.25) is 0 Å². The number of allylic oxidation sites excluding steroid dienone is 4. The lowest BCUT2D eigenvalue weighted by Crippen LogP contribution is -1.85. The topological polar surface area (TPSA) is 74.6 Å². The lowest BCUT2D eigenvalue weighted by atomic mass is 10.2.